The molecule has 0 bridgehead atoms. The van der Waals surface area contributed by atoms with Gasteiger partial charge >= 0.3 is 0 Å². The zero-order valence-electron chi connectivity index (χ0n) is 10.2. The lowest BCUT2D eigenvalue weighted by molar-refractivity contribution is 0.0946. The van der Waals surface area contributed by atoms with Crippen molar-refractivity contribution < 1.29 is 9.32 Å². The lowest BCUT2D eigenvalue weighted by atomic mass is 10.2. The highest BCUT2D eigenvalue weighted by Crippen LogP contribution is 2.08. The maximum atomic E-state index is 11.8. The topological polar surface area (TPSA) is 80.0 Å². The van der Waals surface area contributed by atoms with E-state index in [1.165, 1.54) is 0 Å². The number of carbonyl (C=O) groups is 1. The van der Waals surface area contributed by atoms with E-state index in [-0.39, 0.29) is 12.5 Å². The standard InChI is InChI=1S/C12H14N4O2/c1-8-15-11(18-16-8)7-14-12(17)9-3-5-10(13-2)6-4-9/h3-6,13H,7H2,1-2H3,(H,14,17). The molecular weight excluding hydrogens is 232 g/mol. The highest BCUT2D eigenvalue weighted by Gasteiger charge is 2.07. The molecule has 94 valence electrons. The van der Waals surface area contributed by atoms with E-state index < -0.39 is 0 Å². The van der Waals surface area contributed by atoms with Gasteiger partial charge in [-0.2, -0.15) is 4.98 Å². The highest BCUT2D eigenvalue weighted by molar-refractivity contribution is 5.94. The van der Waals surface area contributed by atoms with Gasteiger partial charge in [0.1, 0.15) is 0 Å². The van der Waals surface area contributed by atoms with Crippen molar-refractivity contribution in [3.63, 3.8) is 0 Å². The Morgan fingerprint density at radius 3 is 2.61 bits per heavy atom. The summed E-state index contributed by atoms with van der Waals surface area (Å²) >= 11 is 0. The van der Waals surface area contributed by atoms with Crippen molar-refractivity contribution in [2.24, 2.45) is 0 Å². The molecule has 6 heteroatoms. The van der Waals surface area contributed by atoms with E-state index in [1.54, 1.807) is 19.1 Å². The van der Waals surface area contributed by atoms with Crippen molar-refractivity contribution >= 4 is 11.6 Å². The Kier molecular flexibility index (Phi) is 3.57. The molecule has 0 aliphatic heterocycles. The Balaban J connectivity index is 1.94. The summed E-state index contributed by atoms with van der Waals surface area (Å²) in [5, 5.41) is 9.34. The van der Waals surface area contributed by atoms with Gasteiger partial charge in [0.05, 0.1) is 6.54 Å². The van der Waals surface area contributed by atoms with Crippen LogP contribution in [0, 0.1) is 6.92 Å². The molecule has 0 saturated heterocycles. The summed E-state index contributed by atoms with van der Waals surface area (Å²) in [5.41, 5.74) is 1.55. The van der Waals surface area contributed by atoms with Crippen LogP contribution in [0.3, 0.4) is 0 Å². The van der Waals surface area contributed by atoms with Crippen LogP contribution in [0.25, 0.3) is 0 Å². The number of hydrogen-bond acceptors (Lipinski definition) is 5. The van der Waals surface area contributed by atoms with Gasteiger partial charge in [-0.1, -0.05) is 5.16 Å². The second-order valence-electron chi connectivity index (χ2n) is 3.75. The summed E-state index contributed by atoms with van der Waals surface area (Å²) < 4.78 is 4.90. The summed E-state index contributed by atoms with van der Waals surface area (Å²) in [7, 11) is 1.83. The molecule has 0 aliphatic carbocycles. The number of nitrogens with one attached hydrogen (secondary N) is 2. The molecular formula is C12H14N4O2. The fourth-order valence-corrected chi connectivity index (χ4v) is 1.46. The summed E-state index contributed by atoms with van der Waals surface area (Å²) in [6.07, 6.45) is 0. The largest absolute Gasteiger partial charge is 0.388 e. The minimum absolute atomic E-state index is 0.173. The van der Waals surface area contributed by atoms with Crippen LogP contribution in [0.5, 0.6) is 0 Å². The Bertz CT molecular complexity index is 533. The fraction of sp³-hybridized carbons (Fsp3) is 0.250. The first-order valence-corrected chi connectivity index (χ1v) is 5.54. The molecule has 18 heavy (non-hydrogen) atoms. The molecule has 1 amide bonds. The lowest BCUT2D eigenvalue weighted by Gasteiger charge is -2.04. The molecule has 0 aliphatic rings. The van der Waals surface area contributed by atoms with Crippen molar-refractivity contribution in [3.05, 3.63) is 41.5 Å². The molecule has 0 unspecified atom stereocenters. The van der Waals surface area contributed by atoms with Crippen LogP contribution in [-0.2, 0) is 6.54 Å². The van der Waals surface area contributed by atoms with Gasteiger partial charge in [-0.15, -0.1) is 0 Å². The first kappa shape index (κ1) is 12.1. The zero-order chi connectivity index (χ0) is 13.0. The molecule has 0 fully saturated rings. The van der Waals surface area contributed by atoms with Gasteiger partial charge in [0.2, 0.25) is 5.89 Å². The summed E-state index contributed by atoms with van der Waals surface area (Å²) in [4.78, 5) is 15.8. The molecule has 2 aromatic rings. The Morgan fingerprint density at radius 2 is 2.06 bits per heavy atom. The van der Waals surface area contributed by atoms with Gasteiger partial charge in [0.25, 0.3) is 5.91 Å². The summed E-state index contributed by atoms with van der Waals surface area (Å²) in [6.45, 7) is 1.96. The number of carbonyl (C=O) groups excluding carboxylic acids is 1. The summed E-state index contributed by atoms with van der Waals surface area (Å²) in [5.74, 6) is 0.777. The Morgan fingerprint density at radius 1 is 1.33 bits per heavy atom. The van der Waals surface area contributed by atoms with E-state index in [4.69, 9.17) is 4.52 Å². The number of nitrogens with zero attached hydrogens (tertiary/aromatic N) is 2. The van der Waals surface area contributed by atoms with E-state index in [2.05, 4.69) is 20.8 Å². The average molecular weight is 246 g/mol. The third-order valence-electron chi connectivity index (χ3n) is 2.41. The Labute approximate surface area is 104 Å². The SMILES string of the molecule is CNc1ccc(C(=O)NCc2nc(C)no2)cc1. The van der Waals surface area contributed by atoms with Gasteiger partial charge in [0.15, 0.2) is 5.82 Å². The summed E-state index contributed by atoms with van der Waals surface area (Å²) in [6, 6.07) is 7.18. The van der Waals surface area contributed by atoms with E-state index >= 15 is 0 Å². The minimum atomic E-state index is -0.173. The van der Waals surface area contributed by atoms with Crippen molar-refractivity contribution in [2.75, 3.05) is 12.4 Å². The number of amides is 1. The predicted molar refractivity (Wildman–Crippen MR) is 66.2 cm³/mol. The number of aromatic nitrogens is 2. The van der Waals surface area contributed by atoms with Crippen LogP contribution < -0.4 is 10.6 Å². The molecule has 1 aromatic carbocycles. The minimum Gasteiger partial charge on any atom is -0.388 e. The molecule has 2 rings (SSSR count). The molecule has 0 radical (unpaired) electrons. The van der Waals surface area contributed by atoms with E-state index in [0.717, 1.165) is 5.69 Å². The van der Waals surface area contributed by atoms with E-state index in [1.807, 2.05) is 19.2 Å². The molecule has 0 saturated carbocycles. The quantitative estimate of drug-likeness (QED) is 0.851. The maximum Gasteiger partial charge on any atom is 0.251 e. The third kappa shape index (κ3) is 2.85. The zero-order valence-corrected chi connectivity index (χ0v) is 10.2. The number of anilines is 1. The number of aryl methyl sites for hydroxylation is 1. The van der Waals surface area contributed by atoms with Crippen LogP contribution in [0.15, 0.2) is 28.8 Å². The third-order valence-corrected chi connectivity index (χ3v) is 2.41. The highest BCUT2D eigenvalue weighted by atomic mass is 16.5. The van der Waals surface area contributed by atoms with Gasteiger partial charge in [-0.25, -0.2) is 0 Å². The van der Waals surface area contributed by atoms with Crippen molar-refractivity contribution in [1.82, 2.24) is 15.5 Å². The van der Waals surface area contributed by atoms with Crippen LogP contribution in [0.4, 0.5) is 5.69 Å². The van der Waals surface area contributed by atoms with Crippen LogP contribution >= 0.6 is 0 Å². The average Bonchev–Trinajstić information content (AvgIpc) is 2.82. The normalized spacial score (nSPS) is 10.1. The first-order valence-electron chi connectivity index (χ1n) is 5.54. The molecule has 1 heterocycles. The van der Waals surface area contributed by atoms with Crippen molar-refractivity contribution in [1.29, 1.82) is 0 Å². The van der Waals surface area contributed by atoms with E-state index in [9.17, 15) is 4.79 Å². The maximum absolute atomic E-state index is 11.8. The predicted octanol–water partition coefficient (Wildman–Crippen LogP) is 1.35. The van der Waals surface area contributed by atoms with Crippen LogP contribution in [0.2, 0.25) is 0 Å². The van der Waals surface area contributed by atoms with Crippen LogP contribution in [0.1, 0.15) is 22.1 Å². The first-order chi connectivity index (χ1) is 8.69. The van der Waals surface area contributed by atoms with Crippen LogP contribution in [-0.4, -0.2) is 23.1 Å². The van der Waals surface area contributed by atoms with E-state index in [0.29, 0.717) is 17.3 Å². The van der Waals surface area contributed by atoms with Gasteiger partial charge < -0.3 is 15.2 Å². The Hall–Kier alpha value is -2.37. The number of rotatable bonds is 4. The molecule has 2 N–H and O–H groups in total. The van der Waals surface area contributed by atoms with Gasteiger partial charge in [-0.05, 0) is 31.2 Å². The molecule has 6 nitrogen and oxygen atoms in total. The molecule has 0 atom stereocenters. The van der Waals surface area contributed by atoms with Crippen molar-refractivity contribution in [3.8, 4) is 0 Å². The van der Waals surface area contributed by atoms with Gasteiger partial charge in [-0.3, -0.25) is 4.79 Å². The number of hydrogen-bond donors (Lipinski definition) is 2. The smallest absolute Gasteiger partial charge is 0.251 e. The molecule has 0 spiro atoms. The fourth-order valence-electron chi connectivity index (χ4n) is 1.46. The van der Waals surface area contributed by atoms with Gasteiger partial charge in [0, 0.05) is 18.3 Å². The lowest BCUT2D eigenvalue weighted by Crippen LogP contribution is -2.22. The monoisotopic (exact) mass is 246 g/mol. The molecule has 1 aromatic heterocycles. The second kappa shape index (κ2) is 5.31. The van der Waals surface area contributed by atoms with Crippen molar-refractivity contribution in [2.45, 2.75) is 13.5 Å². The number of benzene rings is 1. The second-order valence-corrected chi connectivity index (χ2v) is 3.75.